The molecule has 0 aromatic heterocycles. The minimum atomic E-state index is -1.63. The third-order valence-corrected chi connectivity index (χ3v) is 10.5. The Kier molecular flexibility index (Phi) is 7.36. The zero-order valence-corrected chi connectivity index (χ0v) is 28.0. The van der Waals surface area contributed by atoms with Gasteiger partial charge < -0.3 is 24.4 Å². The van der Waals surface area contributed by atoms with Crippen LogP contribution in [0.2, 0.25) is 0 Å². The summed E-state index contributed by atoms with van der Waals surface area (Å²) in [6.07, 6.45) is 13.4. The number of phenolic OH excluding ortho intramolecular Hbond substituents is 1. The van der Waals surface area contributed by atoms with Crippen LogP contribution in [0.1, 0.15) is 103 Å². The fraction of sp³-hybridized carbons (Fsp3) is 0.500. The molecule has 0 amide bonds. The fourth-order valence-electron chi connectivity index (χ4n) is 8.17. The first-order valence-corrected chi connectivity index (χ1v) is 16.2. The van der Waals surface area contributed by atoms with E-state index in [1.807, 2.05) is 52.8 Å². The molecule has 4 bridgehead atoms. The summed E-state index contributed by atoms with van der Waals surface area (Å²) in [7, 11) is 0. The van der Waals surface area contributed by atoms with Gasteiger partial charge in [-0.1, -0.05) is 35.5 Å². The van der Waals surface area contributed by atoms with Crippen molar-refractivity contribution < 1.29 is 38.8 Å². The van der Waals surface area contributed by atoms with Gasteiger partial charge in [0, 0.05) is 35.0 Å². The molecule has 2 fully saturated rings. The van der Waals surface area contributed by atoms with E-state index in [4.69, 9.17) is 14.2 Å². The first-order chi connectivity index (χ1) is 21.5. The Morgan fingerprint density at radius 3 is 2.35 bits per heavy atom. The van der Waals surface area contributed by atoms with Crippen molar-refractivity contribution in [2.75, 3.05) is 0 Å². The topological polar surface area (TPSA) is 119 Å². The molecule has 1 unspecified atom stereocenters. The van der Waals surface area contributed by atoms with Crippen LogP contribution in [0.15, 0.2) is 52.7 Å². The Balaban J connectivity index is 1.59. The highest BCUT2D eigenvalue weighted by Crippen LogP contribution is 2.68. The number of hydrogen-bond donors (Lipinski definition) is 2. The Morgan fingerprint density at radius 2 is 1.70 bits per heavy atom. The van der Waals surface area contributed by atoms with E-state index in [0.29, 0.717) is 41.7 Å². The molecule has 5 atom stereocenters. The molecule has 6 aliphatic rings. The number of ketones is 2. The van der Waals surface area contributed by atoms with Crippen molar-refractivity contribution in [2.45, 2.75) is 110 Å². The van der Waals surface area contributed by atoms with Gasteiger partial charge in [-0.05, 0) is 93.2 Å². The van der Waals surface area contributed by atoms with E-state index < -0.39 is 40.1 Å². The predicted molar refractivity (Wildman–Crippen MR) is 174 cm³/mol. The molecule has 244 valence electrons. The maximum Gasteiger partial charge on any atom is 0.330 e. The van der Waals surface area contributed by atoms with E-state index in [1.165, 1.54) is 18.6 Å². The minimum Gasteiger partial charge on any atom is -0.506 e. The van der Waals surface area contributed by atoms with Gasteiger partial charge in [0.2, 0.25) is 0 Å². The Hall–Kier alpha value is -3.91. The Morgan fingerprint density at radius 1 is 1.00 bits per heavy atom. The molecule has 1 saturated heterocycles. The van der Waals surface area contributed by atoms with Gasteiger partial charge in [-0.2, -0.15) is 0 Å². The SMILES string of the molecule is CC(C)=CCC[C@]1(C)C=Cc2c(O)c3c(c(CC=C(C)C)c2O1)O[C@]12C(=C[C@@H]4C[C@H]1C(C)(C)OC2(C/C=C(/C)C(=O)O)C4=O)C3=O. The smallest absolute Gasteiger partial charge is 0.330 e. The summed E-state index contributed by atoms with van der Waals surface area (Å²) in [5.41, 5.74) is -0.952. The second kappa shape index (κ2) is 10.6. The van der Waals surface area contributed by atoms with E-state index in [0.717, 1.165) is 12.0 Å². The van der Waals surface area contributed by atoms with Crippen molar-refractivity contribution in [3.8, 4) is 17.2 Å². The van der Waals surface area contributed by atoms with Gasteiger partial charge in [0.25, 0.3) is 0 Å². The van der Waals surface area contributed by atoms with Crippen LogP contribution in [0.5, 0.6) is 17.2 Å². The van der Waals surface area contributed by atoms with Gasteiger partial charge in [-0.15, -0.1) is 0 Å². The molecule has 8 heteroatoms. The summed E-state index contributed by atoms with van der Waals surface area (Å²) in [6.45, 7) is 15.4. The molecule has 3 heterocycles. The van der Waals surface area contributed by atoms with Crippen LogP contribution in [0.4, 0.5) is 0 Å². The number of aliphatic carboxylic acids is 1. The molecule has 1 aromatic rings. The predicted octanol–water partition coefficient (Wildman–Crippen LogP) is 7.24. The number of carbonyl (C=O) groups is 3. The molecule has 8 nitrogen and oxygen atoms in total. The van der Waals surface area contributed by atoms with Gasteiger partial charge in [-0.25, -0.2) is 4.79 Å². The quantitative estimate of drug-likeness (QED) is 0.228. The number of Topliss-reactive ketones (excluding diaryl/α,β-unsaturated/α-hetero) is 2. The van der Waals surface area contributed by atoms with Crippen LogP contribution >= 0.6 is 0 Å². The summed E-state index contributed by atoms with van der Waals surface area (Å²) < 4.78 is 20.6. The summed E-state index contributed by atoms with van der Waals surface area (Å²) >= 11 is 0. The largest absolute Gasteiger partial charge is 0.506 e. The zero-order chi connectivity index (χ0) is 33.6. The Labute approximate surface area is 270 Å². The number of phenols is 1. The molecule has 1 spiro atoms. The van der Waals surface area contributed by atoms with E-state index in [-0.39, 0.29) is 40.8 Å². The summed E-state index contributed by atoms with van der Waals surface area (Å²) in [6, 6.07) is 0. The van der Waals surface area contributed by atoms with Crippen molar-refractivity contribution in [1.82, 2.24) is 0 Å². The van der Waals surface area contributed by atoms with Crippen molar-refractivity contribution in [1.29, 1.82) is 0 Å². The van der Waals surface area contributed by atoms with Crippen LogP contribution in [-0.4, -0.2) is 50.2 Å². The maximum atomic E-state index is 14.7. The summed E-state index contributed by atoms with van der Waals surface area (Å²) in [4.78, 5) is 40.8. The molecule has 0 radical (unpaired) electrons. The number of hydrogen-bond acceptors (Lipinski definition) is 7. The van der Waals surface area contributed by atoms with Crippen molar-refractivity contribution in [3.63, 3.8) is 0 Å². The second-order valence-electron chi connectivity index (χ2n) is 14.8. The average molecular weight is 629 g/mol. The van der Waals surface area contributed by atoms with Crippen LogP contribution in [-0.2, 0) is 20.7 Å². The lowest BCUT2D eigenvalue weighted by Crippen LogP contribution is -2.72. The van der Waals surface area contributed by atoms with E-state index >= 15 is 0 Å². The number of carbonyl (C=O) groups excluding carboxylic acids is 2. The number of rotatable bonds is 8. The third-order valence-electron chi connectivity index (χ3n) is 10.5. The number of ether oxygens (including phenoxy) is 3. The zero-order valence-electron chi connectivity index (χ0n) is 28.0. The summed E-state index contributed by atoms with van der Waals surface area (Å²) in [5.74, 6) is -2.28. The molecule has 1 aromatic carbocycles. The van der Waals surface area contributed by atoms with Crippen molar-refractivity contribution in [2.24, 2.45) is 11.8 Å². The number of carboxylic acid groups (broad SMARTS) is 1. The van der Waals surface area contributed by atoms with Gasteiger partial charge in [0.15, 0.2) is 22.8 Å². The lowest BCUT2D eigenvalue weighted by Gasteiger charge is -2.56. The number of carboxylic acids is 1. The first-order valence-electron chi connectivity index (χ1n) is 16.2. The van der Waals surface area contributed by atoms with E-state index in [1.54, 1.807) is 6.08 Å². The average Bonchev–Trinajstić information content (AvgIpc) is 3.12. The standard InChI is InChI=1S/C38H44O8/c1-20(2)10-9-15-36(8)16-14-24-29(39)28-30(40)26-18-23-19-27-35(6,7)46-37(33(23)41,17-13-22(5)34(42)43)38(26,27)45-32(28)25(31(24)44-36)12-11-21(3)4/h10-11,13-14,16,18,23,27,39H,9,12,15,17,19H2,1-8H3,(H,42,43)/b22-13-/t23-,27+,36-,37?,38-/m1/s1. The molecular formula is C38H44O8. The molecule has 7 rings (SSSR count). The third kappa shape index (κ3) is 4.47. The first kappa shape index (κ1) is 32.0. The van der Waals surface area contributed by atoms with Crippen LogP contribution in [0.3, 0.4) is 0 Å². The highest BCUT2D eigenvalue weighted by Gasteiger charge is 2.81. The molecule has 3 aliphatic heterocycles. The lowest BCUT2D eigenvalue weighted by atomic mass is 9.51. The Bertz CT molecular complexity index is 1730. The molecule has 1 saturated carbocycles. The lowest BCUT2D eigenvalue weighted by molar-refractivity contribution is -0.171. The monoisotopic (exact) mass is 628 g/mol. The second-order valence-corrected chi connectivity index (χ2v) is 14.8. The van der Waals surface area contributed by atoms with E-state index in [9.17, 15) is 24.6 Å². The van der Waals surface area contributed by atoms with E-state index in [2.05, 4.69) is 19.9 Å². The maximum absolute atomic E-state index is 14.7. The van der Waals surface area contributed by atoms with Gasteiger partial charge in [0.1, 0.15) is 28.4 Å². The van der Waals surface area contributed by atoms with Gasteiger partial charge >= 0.3 is 5.97 Å². The van der Waals surface area contributed by atoms with Gasteiger partial charge in [0.05, 0.1) is 11.2 Å². The fourth-order valence-corrected chi connectivity index (χ4v) is 8.17. The van der Waals surface area contributed by atoms with Crippen LogP contribution in [0.25, 0.3) is 6.08 Å². The minimum absolute atomic E-state index is 0.0544. The number of aromatic hydroxyl groups is 1. The molecule has 46 heavy (non-hydrogen) atoms. The summed E-state index contributed by atoms with van der Waals surface area (Å²) in [5, 5.41) is 21.4. The van der Waals surface area contributed by atoms with Crippen molar-refractivity contribution in [3.05, 3.63) is 69.4 Å². The highest BCUT2D eigenvalue weighted by atomic mass is 16.6. The number of benzene rings is 1. The highest BCUT2D eigenvalue weighted by molar-refractivity contribution is 6.19. The molecule has 2 N–H and O–H groups in total. The van der Waals surface area contributed by atoms with Crippen LogP contribution in [0, 0.1) is 11.8 Å². The molecular weight excluding hydrogens is 584 g/mol. The van der Waals surface area contributed by atoms with Crippen LogP contribution < -0.4 is 9.47 Å². The number of fused-ring (bicyclic) bond motifs is 2. The molecule has 3 aliphatic carbocycles. The van der Waals surface area contributed by atoms with Crippen molar-refractivity contribution >= 4 is 23.6 Å². The van der Waals surface area contributed by atoms with Gasteiger partial charge in [-0.3, -0.25) is 9.59 Å². The number of allylic oxidation sites excluding steroid dienone is 5. The normalized spacial score (nSPS) is 31.2.